The van der Waals surface area contributed by atoms with Gasteiger partial charge in [-0.1, -0.05) is 33.1 Å². The fraction of sp³-hybridized carbons (Fsp3) is 0.895. The fourth-order valence-corrected chi connectivity index (χ4v) is 3.12. The largest absolute Gasteiger partial charge is 0.356 e. The summed E-state index contributed by atoms with van der Waals surface area (Å²) in [5.41, 5.74) is 0. The lowest BCUT2D eigenvalue weighted by Gasteiger charge is -2.20. The number of hydrogen-bond acceptors (Lipinski definition) is 3. The monoisotopic (exact) mass is 353 g/mol. The van der Waals surface area contributed by atoms with E-state index in [2.05, 4.69) is 34.6 Å². The molecule has 25 heavy (non-hydrogen) atoms. The zero-order valence-electron chi connectivity index (χ0n) is 17.0. The van der Waals surface area contributed by atoms with Crippen molar-refractivity contribution in [1.29, 1.82) is 0 Å². The van der Waals surface area contributed by atoms with Gasteiger partial charge in [-0.2, -0.15) is 0 Å². The summed E-state index contributed by atoms with van der Waals surface area (Å²) in [7, 11) is 6.07. The molecule has 1 amide bonds. The molecule has 0 aromatic rings. The lowest BCUT2D eigenvalue weighted by atomic mass is 10.1. The van der Waals surface area contributed by atoms with Crippen LogP contribution in [0.5, 0.6) is 0 Å². The van der Waals surface area contributed by atoms with Gasteiger partial charge in [-0.05, 0) is 39.9 Å². The van der Waals surface area contributed by atoms with Gasteiger partial charge >= 0.3 is 0 Å². The number of likely N-dealkylation sites (tertiary alicyclic amines) is 1. The van der Waals surface area contributed by atoms with E-state index in [9.17, 15) is 4.79 Å². The van der Waals surface area contributed by atoms with Crippen LogP contribution in [0.2, 0.25) is 0 Å². The van der Waals surface area contributed by atoms with Crippen molar-refractivity contribution in [2.45, 2.75) is 58.4 Å². The molecule has 1 fully saturated rings. The predicted octanol–water partition coefficient (Wildman–Crippen LogP) is 1.92. The van der Waals surface area contributed by atoms with Crippen LogP contribution in [-0.2, 0) is 4.79 Å². The first-order valence-corrected chi connectivity index (χ1v) is 9.84. The number of amides is 1. The maximum absolute atomic E-state index is 12.1. The third kappa shape index (κ3) is 9.10. The zero-order chi connectivity index (χ0) is 18.7. The van der Waals surface area contributed by atoms with Crippen molar-refractivity contribution in [2.24, 2.45) is 10.9 Å². The Hall–Kier alpha value is -1.30. The Morgan fingerprint density at radius 2 is 1.88 bits per heavy atom. The zero-order valence-corrected chi connectivity index (χ0v) is 17.0. The van der Waals surface area contributed by atoms with Gasteiger partial charge in [-0.25, -0.2) is 0 Å². The number of nitrogens with zero attached hydrogens (tertiary/aromatic N) is 3. The number of carbonyl (C=O) groups excluding carboxylic acids is 1. The highest BCUT2D eigenvalue weighted by Crippen LogP contribution is 2.12. The Labute approximate surface area is 154 Å². The topological polar surface area (TPSA) is 60.0 Å². The Morgan fingerprint density at radius 3 is 2.52 bits per heavy atom. The molecule has 0 spiro atoms. The number of hydrogen-bond donors (Lipinski definition) is 2. The third-order valence-electron chi connectivity index (χ3n) is 4.63. The van der Waals surface area contributed by atoms with Gasteiger partial charge in [0, 0.05) is 38.6 Å². The van der Waals surface area contributed by atoms with E-state index < -0.39 is 0 Å². The van der Waals surface area contributed by atoms with E-state index in [1.165, 1.54) is 38.6 Å². The van der Waals surface area contributed by atoms with Crippen molar-refractivity contribution < 1.29 is 4.79 Å². The van der Waals surface area contributed by atoms with Gasteiger partial charge in [0.05, 0.1) is 0 Å². The van der Waals surface area contributed by atoms with E-state index in [4.69, 9.17) is 0 Å². The minimum absolute atomic E-state index is 0.0777. The molecular formula is C19H39N5O. The summed E-state index contributed by atoms with van der Waals surface area (Å²) in [6, 6.07) is 0.305. The van der Waals surface area contributed by atoms with Crippen LogP contribution in [-0.4, -0.2) is 75.0 Å². The van der Waals surface area contributed by atoms with Crippen LogP contribution >= 0.6 is 0 Å². The average Bonchev–Trinajstić information content (AvgIpc) is 3.03. The minimum atomic E-state index is 0.0777. The summed E-state index contributed by atoms with van der Waals surface area (Å²) in [5.74, 6) is 1.19. The van der Waals surface area contributed by atoms with E-state index in [0.717, 1.165) is 32.0 Å². The molecule has 0 aromatic heterocycles. The van der Waals surface area contributed by atoms with E-state index in [-0.39, 0.29) is 11.8 Å². The molecule has 0 radical (unpaired) electrons. The van der Waals surface area contributed by atoms with Gasteiger partial charge in [0.2, 0.25) is 5.91 Å². The molecule has 0 saturated carbocycles. The van der Waals surface area contributed by atoms with Crippen molar-refractivity contribution in [3.05, 3.63) is 0 Å². The highest BCUT2D eigenvalue weighted by molar-refractivity contribution is 5.81. The molecule has 1 aliphatic heterocycles. The Balaban J connectivity index is 2.12. The highest BCUT2D eigenvalue weighted by atomic mass is 16.2. The van der Waals surface area contributed by atoms with Crippen molar-refractivity contribution in [2.75, 3.05) is 47.3 Å². The molecule has 1 atom stereocenters. The van der Waals surface area contributed by atoms with E-state index >= 15 is 0 Å². The second kappa shape index (κ2) is 12.1. The van der Waals surface area contributed by atoms with Gasteiger partial charge in [-0.15, -0.1) is 0 Å². The molecule has 1 aliphatic rings. The number of unbranched alkanes of at least 4 members (excludes halogenated alkanes) is 4. The highest BCUT2D eigenvalue weighted by Gasteiger charge is 2.27. The standard InChI is InChI=1S/C19H39N5O/c1-16(2)18(25)24-14-11-17(15-24)22-19(20-3)21-12-9-7-6-8-10-13-23(4)5/h16-17H,6-15H2,1-5H3,(H2,20,21,22). The average molecular weight is 354 g/mol. The maximum Gasteiger partial charge on any atom is 0.225 e. The molecule has 1 rings (SSSR count). The van der Waals surface area contributed by atoms with Crippen LogP contribution in [0, 0.1) is 5.92 Å². The van der Waals surface area contributed by atoms with Crippen molar-refractivity contribution in [1.82, 2.24) is 20.4 Å². The Morgan fingerprint density at radius 1 is 1.20 bits per heavy atom. The smallest absolute Gasteiger partial charge is 0.225 e. The molecule has 0 bridgehead atoms. The van der Waals surface area contributed by atoms with Crippen LogP contribution in [0.15, 0.2) is 4.99 Å². The van der Waals surface area contributed by atoms with E-state index in [1.54, 1.807) is 0 Å². The molecule has 1 unspecified atom stereocenters. The van der Waals surface area contributed by atoms with Gasteiger partial charge in [0.1, 0.15) is 0 Å². The molecule has 146 valence electrons. The molecule has 0 aromatic carbocycles. The SMILES string of the molecule is CN=C(NCCCCCCCN(C)C)NC1CCN(C(=O)C(C)C)C1. The second-order valence-electron chi connectivity index (χ2n) is 7.64. The fourth-order valence-electron chi connectivity index (χ4n) is 3.12. The Kier molecular flexibility index (Phi) is 10.5. The molecule has 1 heterocycles. The summed E-state index contributed by atoms with van der Waals surface area (Å²) < 4.78 is 0. The molecule has 1 saturated heterocycles. The summed E-state index contributed by atoms with van der Waals surface area (Å²) >= 11 is 0. The van der Waals surface area contributed by atoms with Crippen LogP contribution in [0.4, 0.5) is 0 Å². The van der Waals surface area contributed by atoms with Crippen LogP contribution in [0.25, 0.3) is 0 Å². The molecule has 2 N–H and O–H groups in total. The van der Waals surface area contributed by atoms with E-state index in [1.807, 2.05) is 25.8 Å². The van der Waals surface area contributed by atoms with E-state index in [0.29, 0.717) is 6.04 Å². The number of nitrogens with one attached hydrogen (secondary N) is 2. The van der Waals surface area contributed by atoms with Crippen molar-refractivity contribution in [3.8, 4) is 0 Å². The number of carbonyl (C=O) groups is 1. The second-order valence-corrected chi connectivity index (χ2v) is 7.64. The quantitative estimate of drug-likeness (QED) is 0.358. The summed E-state index contributed by atoms with van der Waals surface area (Å²) in [6.07, 6.45) is 7.33. The van der Waals surface area contributed by atoms with Gasteiger partial charge in [0.25, 0.3) is 0 Å². The van der Waals surface area contributed by atoms with Crippen LogP contribution in [0.1, 0.15) is 52.4 Å². The first kappa shape index (κ1) is 21.7. The predicted molar refractivity (Wildman–Crippen MR) is 106 cm³/mol. The molecule has 6 heteroatoms. The first-order chi connectivity index (χ1) is 11.9. The molecular weight excluding hydrogens is 314 g/mol. The number of rotatable bonds is 10. The van der Waals surface area contributed by atoms with Crippen molar-refractivity contribution >= 4 is 11.9 Å². The van der Waals surface area contributed by atoms with Gasteiger partial charge < -0.3 is 20.4 Å². The number of guanidine groups is 1. The van der Waals surface area contributed by atoms with Gasteiger partial charge in [0.15, 0.2) is 5.96 Å². The van der Waals surface area contributed by atoms with Crippen LogP contribution in [0.3, 0.4) is 0 Å². The summed E-state index contributed by atoms with van der Waals surface area (Å²) in [6.45, 7) is 7.69. The lowest BCUT2D eigenvalue weighted by molar-refractivity contribution is -0.133. The molecule has 0 aliphatic carbocycles. The molecule has 6 nitrogen and oxygen atoms in total. The van der Waals surface area contributed by atoms with Crippen LogP contribution < -0.4 is 10.6 Å². The lowest BCUT2D eigenvalue weighted by Crippen LogP contribution is -2.45. The summed E-state index contributed by atoms with van der Waals surface area (Å²) in [5, 5.41) is 6.85. The number of aliphatic imine (C=N–C) groups is 1. The normalized spacial score (nSPS) is 18.3. The first-order valence-electron chi connectivity index (χ1n) is 9.84. The van der Waals surface area contributed by atoms with Crippen molar-refractivity contribution in [3.63, 3.8) is 0 Å². The maximum atomic E-state index is 12.1. The Bertz CT molecular complexity index is 409. The third-order valence-corrected chi connectivity index (χ3v) is 4.63. The summed E-state index contributed by atoms with van der Waals surface area (Å²) in [4.78, 5) is 20.6. The van der Waals surface area contributed by atoms with Gasteiger partial charge in [-0.3, -0.25) is 9.79 Å². The minimum Gasteiger partial charge on any atom is -0.356 e.